The smallest absolute Gasteiger partial charge is 0.222 e. The number of halogens is 1. The lowest BCUT2D eigenvalue weighted by Gasteiger charge is -2.41. The molecular weight excluding hydrogens is 1690 g/mol. The zero-order chi connectivity index (χ0) is 92.5. The molecule has 0 spiro atoms. The second-order valence-electron chi connectivity index (χ2n) is 30.8. The number of benzene rings is 2. The van der Waals surface area contributed by atoms with Gasteiger partial charge in [0.15, 0.2) is 11.6 Å². The number of rotatable bonds is 74. The summed E-state index contributed by atoms with van der Waals surface area (Å²) in [6.07, 6.45) is -6.44. The number of Topliss-reactive ketones (excluding diaryl/α,β-unsaturated/α-hetero) is 2. The number of phenols is 1. The van der Waals surface area contributed by atoms with Gasteiger partial charge in [-0.15, -0.1) is 5.10 Å². The highest BCUT2D eigenvalue weighted by molar-refractivity contribution is 5.83. The minimum Gasteiger partial charge on any atom is -0.505 e. The van der Waals surface area contributed by atoms with Crippen LogP contribution < -0.4 is 31.3 Å². The van der Waals surface area contributed by atoms with E-state index in [0.29, 0.717) is 61.1 Å². The number of carbonyl (C=O) groups excluding carboxylic acids is 7. The van der Waals surface area contributed by atoms with E-state index in [9.17, 15) is 68.6 Å². The third-order valence-electron chi connectivity index (χ3n) is 19.9. The molecule has 2 fully saturated rings. The van der Waals surface area contributed by atoms with Gasteiger partial charge in [0.05, 0.1) is 265 Å². The first-order valence-corrected chi connectivity index (χ1v) is 43.6. The molecule has 6 rings (SSSR count). The number of ether oxygens (including phenoxy) is 19. The van der Waals surface area contributed by atoms with Crippen molar-refractivity contribution in [3.8, 4) is 28.6 Å². The Hall–Kier alpha value is -7.71. The molecule has 4 heterocycles. The van der Waals surface area contributed by atoms with Gasteiger partial charge in [-0.25, -0.2) is 14.1 Å². The molecule has 11 N–H and O–H groups in total. The van der Waals surface area contributed by atoms with Crippen LogP contribution in [-0.2, 0) is 119 Å². The number of hydrogen-bond acceptors (Lipinski definition) is 35. The Morgan fingerprint density at radius 3 is 1.49 bits per heavy atom. The number of pyridine rings is 1. The van der Waals surface area contributed by atoms with Gasteiger partial charge in [-0.3, -0.25) is 28.8 Å². The van der Waals surface area contributed by atoms with Crippen molar-refractivity contribution in [3.63, 3.8) is 0 Å². The van der Waals surface area contributed by atoms with Crippen LogP contribution in [0.3, 0.4) is 0 Å². The number of phenolic OH excluding ortho intramolecular Hbond substituents is 1. The summed E-state index contributed by atoms with van der Waals surface area (Å²) >= 11 is 0. The fourth-order valence-electron chi connectivity index (χ4n) is 13.2. The normalized spacial score (nSPS) is 19.7. The summed E-state index contributed by atoms with van der Waals surface area (Å²) in [7, 11) is 0. The number of fused-ring (bicyclic) bond motifs is 1. The number of aromatic nitrogens is 4. The molecule has 4 aromatic rings. The Kier molecular flexibility index (Phi) is 54.7. The first-order valence-electron chi connectivity index (χ1n) is 43.6. The van der Waals surface area contributed by atoms with Gasteiger partial charge < -0.3 is 152 Å². The maximum absolute atomic E-state index is 14.3. The van der Waals surface area contributed by atoms with Crippen LogP contribution >= 0.6 is 0 Å². The number of nitrogens with zero attached hydrogens (tertiary/aromatic N) is 4. The number of nitrogens with one attached hydrogen (secondary N) is 5. The average Bonchev–Trinajstić information content (AvgIpc) is 1.83. The lowest BCUT2D eigenvalue weighted by molar-refractivity contribution is -0.210. The Morgan fingerprint density at radius 1 is 0.523 bits per heavy atom. The number of hydrogen-bond donors (Lipinski definition) is 11. The molecule has 128 heavy (non-hydrogen) atoms. The highest BCUT2D eigenvalue weighted by Gasteiger charge is 2.45. The van der Waals surface area contributed by atoms with Gasteiger partial charge in [-0.1, -0.05) is 11.3 Å². The second-order valence-corrected chi connectivity index (χ2v) is 30.8. The Labute approximate surface area is 745 Å². The van der Waals surface area contributed by atoms with E-state index in [-0.39, 0.29) is 297 Å². The van der Waals surface area contributed by atoms with Crippen molar-refractivity contribution in [3.05, 3.63) is 60.5 Å². The second kappa shape index (κ2) is 64.2. The Bertz CT molecular complexity index is 3690. The van der Waals surface area contributed by atoms with Gasteiger partial charge in [0, 0.05) is 101 Å². The summed E-state index contributed by atoms with van der Waals surface area (Å²) in [6.45, 7) is 15.0. The molecule has 41 nitrogen and oxygen atoms in total. The molecule has 5 amide bonds. The maximum Gasteiger partial charge on any atom is 0.222 e. The molecule has 42 heteroatoms. The van der Waals surface area contributed by atoms with Crippen LogP contribution in [0.25, 0.3) is 28.0 Å². The van der Waals surface area contributed by atoms with Crippen LogP contribution in [0.15, 0.2) is 54.7 Å². The van der Waals surface area contributed by atoms with Crippen molar-refractivity contribution < 1.29 is 159 Å². The van der Waals surface area contributed by atoms with E-state index < -0.39 is 83.9 Å². The lowest BCUT2D eigenvalue weighted by atomic mass is 9.84. The van der Waals surface area contributed by atoms with E-state index in [4.69, 9.17) is 95.0 Å². The van der Waals surface area contributed by atoms with Crippen molar-refractivity contribution in [2.45, 2.75) is 154 Å². The molecule has 0 radical (unpaired) electrons. The molecule has 0 aliphatic carbocycles. The lowest BCUT2D eigenvalue weighted by Crippen LogP contribution is -2.63. The SMILES string of the molecule is CC(=O)C[C@@H]1[C@@H](O)[C@@H](O)[C@@H](COCCOCCOCCOCCNC(=O)CCOCC(COCCC(=O)NCCOCCOCCOCCOC[C@H](CO)O[C@@H](C)CNC(C)=O)(COCCC(=O)NCCOCCOCCOCCOC[C@H]2O[C@@H](C)[C@H](NC(C)=O)[C@@H](O)[C@H]2O)CC(=O)CCCOc2ccc3nc(-c4cn(-c5ccc(O)c(F)c5)nn4)ccc3c2)O[C@H]1C. The van der Waals surface area contributed by atoms with Gasteiger partial charge in [-0.05, 0) is 70.5 Å². The Morgan fingerprint density at radius 2 is 1.01 bits per heavy atom. The molecule has 0 saturated carbocycles. The average molecular weight is 1830 g/mol. The third-order valence-corrected chi connectivity index (χ3v) is 19.9. The van der Waals surface area contributed by atoms with Crippen molar-refractivity contribution in [2.75, 3.05) is 238 Å². The van der Waals surface area contributed by atoms with E-state index in [1.807, 2.05) is 12.1 Å². The minimum atomic E-state index is -1.26. The van der Waals surface area contributed by atoms with Crippen LogP contribution in [0, 0.1) is 17.2 Å². The summed E-state index contributed by atoms with van der Waals surface area (Å²) in [5.41, 5.74) is 0.716. The summed E-state index contributed by atoms with van der Waals surface area (Å²) in [5.74, 6) is -3.10. The molecule has 13 atom stereocenters. The summed E-state index contributed by atoms with van der Waals surface area (Å²) < 4.78 is 125. The highest BCUT2D eigenvalue weighted by Crippen LogP contribution is 2.31. The van der Waals surface area contributed by atoms with Crippen LogP contribution in [0.5, 0.6) is 11.5 Å². The fourth-order valence-corrected chi connectivity index (χ4v) is 13.2. The maximum atomic E-state index is 14.3. The van der Waals surface area contributed by atoms with E-state index in [1.54, 1.807) is 45.2 Å². The van der Waals surface area contributed by atoms with Crippen LogP contribution in [-0.4, -0.2) is 396 Å². The predicted molar refractivity (Wildman–Crippen MR) is 455 cm³/mol. The molecular formula is C86H136FN9O32. The number of aliphatic hydroxyl groups excluding tert-OH is 5. The largest absolute Gasteiger partial charge is 0.505 e. The van der Waals surface area contributed by atoms with Crippen LogP contribution in [0.1, 0.15) is 86.5 Å². The topological polar surface area (TPSA) is 520 Å². The molecule has 724 valence electrons. The van der Waals surface area contributed by atoms with E-state index in [1.165, 1.54) is 37.6 Å². The zero-order valence-electron chi connectivity index (χ0n) is 74.5. The quantitative estimate of drug-likeness (QED) is 0.0263. The molecule has 2 aliphatic rings. The first-order chi connectivity index (χ1) is 61.8. The molecule has 0 bridgehead atoms. The highest BCUT2D eigenvalue weighted by atomic mass is 19.1. The summed E-state index contributed by atoms with van der Waals surface area (Å²) in [5, 5.41) is 84.1. The van der Waals surface area contributed by atoms with Crippen LogP contribution in [0.4, 0.5) is 4.39 Å². The number of amides is 5. The van der Waals surface area contributed by atoms with Crippen molar-refractivity contribution in [2.24, 2.45) is 11.3 Å². The van der Waals surface area contributed by atoms with Crippen LogP contribution in [0.2, 0.25) is 0 Å². The van der Waals surface area contributed by atoms with E-state index >= 15 is 0 Å². The predicted octanol–water partition coefficient (Wildman–Crippen LogP) is 0.220. The number of aliphatic hydroxyl groups is 5. The monoisotopic (exact) mass is 1830 g/mol. The zero-order valence-corrected chi connectivity index (χ0v) is 74.5. The summed E-state index contributed by atoms with van der Waals surface area (Å²) in [4.78, 5) is 92.7. The standard InChI is InChI=1S/C86H136FN9O32/c1-59(98)46-70-61(3)127-76(83(107)82(70)106)54-120-44-41-117-38-35-114-32-29-111-26-19-89-79(104)16-23-123-57-86(56-122-22-15-78(103)88-18-25-110-28-31-113-34-37-116-40-43-119-53-69(52-97)126-60(2)50-91-63(5)99,49-67(101)8-7-21-125-68-11-13-72-65(47-68)9-12-73(93-72)74-51-96(95-94-74)66-10-14-75(102)71(87)48-66)58-124-24-17-80(105)90-20-27-112-30-33-115-36-39-118-42-45-121-55-77-84(108)85(109)81(62(4)128-77)92-64(6)100/h9-14,47-48,51,60-62,69-70,76-77,81-85,97,102,106-109H,7-8,15-46,49-50,52-58H2,1-6H3,(H,88,103)(H,89,104)(H,90,105)(H,91,99)(H,92,100)/t60-,61-,62-,69-,70-,76+,77+,81-,82+,83-,84-,85+,86?/m0/s1. The molecule has 2 aromatic carbocycles. The van der Waals surface area contributed by atoms with Crippen molar-refractivity contribution in [1.29, 1.82) is 0 Å². The fraction of sp³-hybridized carbons (Fsp3) is 0.721. The van der Waals surface area contributed by atoms with Gasteiger partial charge >= 0.3 is 0 Å². The Balaban J connectivity index is 0.950. The van der Waals surface area contributed by atoms with E-state index in [0.717, 1.165) is 11.5 Å². The van der Waals surface area contributed by atoms with Crippen molar-refractivity contribution >= 4 is 52.0 Å². The minimum absolute atomic E-state index is 0.00876. The molecule has 2 aromatic heterocycles. The van der Waals surface area contributed by atoms with Gasteiger partial charge in [0.25, 0.3) is 0 Å². The van der Waals surface area contributed by atoms with Gasteiger partial charge in [0.1, 0.15) is 59.6 Å². The summed E-state index contributed by atoms with van der Waals surface area (Å²) in [6, 6.07) is 12.0. The molecule has 1 unspecified atom stereocenters. The first kappa shape index (κ1) is 109. The number of aromatic hydroxyl groups is 1. The number of ketones is 2. The molecule has 2 saturated heterocycles. The number of carbonyl (C=O) groups is 7. The van der Waals surface area contributed by atoms with E-state index in [2.05, 4.69) is 36.9 Å². The molecule has 2 aliphatic heterocycles. The van der Waals surface area contributed by atoms with Crippen molar-refractivity contribution in [1.82, 2.24) is 46.6 Å². The third kappa shape index (κ3) is 44.9. The van der Waals surface area contributed by atoms with Gasteiger partial charge in [0.2, 0.25) is 29.5 Å². The van der Waals surface area contributed by atoms with Gasteiger partial charge in [-0.2, -0.15) is 0 Å².